The van der Waals surface area contributed by atoms with Crippen molar-refractivity contribution in [1.29, 1.82) is 0 Å². The van der Waals surface area contributed by atoms with Gasteiger partial charge in [-0.1, -0.05) is 25.0 Å². The minimum Gasteiger partial charge on any atom is -0.496 e. The molecular formula is C42H53N7O9S. The molecule has 4 amide bonds. The Hall–Kier alpha value is -5.19. The van der Waals surface area contributed by atoms with Crippen molar-refractivity contribution in [3.63, 3.8) is 0 Å². The molecule has 5 atom stereocenters. The summed E-state index contributed by atoms with van der Waals surface area (Å²) in [5.41, 5.74) is 0.0459. The Morgan fingerprint density at radius 2 is 1.80 bits per heavy atom. The van der Waals surface area contributed by atoms with Crippen LogP contribution in [0.4, 0.5) is 0 Å². The van der Waals surface area contributed by atoms with Crippen molar-refractivity contribution in [1.82, 2.24) is 35.0 Å². The molecule has 5 aliphatic rings. The molecule has 3 aliphatic carbocycles. The Morgan fingerprint density at radius 3 is 2.49 bits per heavy atom. The third kappa shape index (κ3) is 8.09. The van der Waals surface area contributed by atoms with Crippen molar-refractivity contribution in [3.05, 3.63) is 53.9 Å². The SMILES string of the molecule is COc1ccc2c(O[C@@H]3C[C@H]4C(=O)N[C@]5(C(=O)NS(=O)(=O)C6(C)CC6)CC5/C=C\CCCCC[C@H](NC(=O)c5ccn(C)n5)C(=O)N4C3)cc(OC3CCC3)nc2c1C. The average molecular weight is 832 g/mol. The third-order valence-corrected chi connectivity index (χ3v) is 14.9. The number of sulfonamides is 1. The van der Waals surface area contributed by atoms with Gasteiger partial charge in [0.05, 0.1) is 23.9 Å². The fraction of sp³-hybridized carbons (Fsp3) is 0.571. The maximum Gasteiger partial charge on any atom is 0.272 e. The van der Waals surface area contributed by atoms with Crippen LogP contribution in [0.1, 0.15) is 100 Å². The monoisotopic (exact) mass is 831 g/mol. The number of amides is 4. The number of pyridine rings is 1. The van der Waals surface area contributed by atoms with Gasteiger partial charge in [0.1, 0.15) is 47.0 Å². The second-order valence-electron chi connectivity index (χ2n) is 17.0. The summed E-state index contributed by atoms with van der Waals surface area (Å²) in [4.78, 5) is 63.1. The van der Waals surface area contributed by atoms with Crippen LogP contribution in [0, 0.1) is 12.8 Å². The summed E-state index contributed by atoms with van der Waals surface area (Å²) in [6, 6.07) is 4.87. The molecule has 1 saturated heterocycles. The van der Waals surface area contributed by atoms with Gasteiger partial charge in [-0.2, -0.15) is 5.10 Å². The fourth-order valence-corrected chi connectivity index (χ4v) is 9.60. The van der Waals surface area contributed by atoms with Crippen LogP contribution in [0.5, 0.6) is 17.4 Å². The summed E-state index contributed by atoms with van der Waals surface area (Å²) >= 11 is 0. The zero-order valence-electron chi connectivity index (χ0n) is 34.0. The number of hydrogen-bond acceptors (Lipinski definition) is 11. The molecule has 59 heavy (non-hydrogen) atoms. The van der Waals surface area contributed by atoms with Crippen molar-refractivity contribution >= 4 is 44.6 Å². The van der Waals surface area contributed by atoms with Gasteiger partial charge in [-0.15, -0.1) is 0 Å². The third-order valence-electron chi connectivity index (χ3n) is 12.7. The van der Waals surface area contributed by atoms with E-state index in [9.17, 15) is 27.6 Å². The first-order chi connectivity index (χ1) is 28.2. The molecule has 17 heteroatoms. The van der Waals surface area contributed by atoms with E-state index < -0.39 is 68.0 Å². The summed E-state index contributed by atoms with van der Waals surface area (Å²) in [7, 11) is -0.719. The molecule has 0 spiro atoms. The molecule has 4 heterocycles. The summed E-state index contributed by atoms with van der Waals surface area (Å²) in [6.07, 6.45) is 12.0. The van der Waals surface area contributed by atoms with Crippen molar-refractivity contribution in [3.8, 4) is 17.4 Å². The number of methoxy groups -OCH3 is 1. The lowest BCUT2D eigenvalue weighted by Gasteiger charge is -2.30. The van der Waals surface area contributed by atoms with E-state index in [1.807, 2.05) is 31.2 Å². The highest BCUT2D eigenvalue weighted by molar-refractivity contribution is 7.91. The standard InChI is InChI=1S/C42H53N7O9S/c1-25-33(56-4)16-15-29-34(22-35(44-36(25)29)58-27-12-10-13-27)57-28-21-32-38(51)45-42(40(53)47-59(54,55)41(2)18-19-41)23-26(42)11-8-6-5-7-9-14-31(39(52)49(32)24-28)43-37(50)30-17-20-48(3)46-30/h8,11,15-17,20,22,26-28,31-32H,5-7,9-10,12-14,18-19,21,23-24H2,1-4H3,(H,43,50)(H,45,51)(H,47,53)/b11-8-/t26?,28-,31+,32+,42-/m1/s1. The van der Waals surface area contributed by atoms with Crippen LogP contribution in [0.15, 0.2) is 42.6 Å². The summed E-state index contributed by atoms with van der Waals surface area (Å²) in [5.74, 6) is -1.36. The van der Waals surface area contributed by atoms with Gasteiger partial charge in [0.25, 0.3) is 11.8 Å². The van der Waals surface area contributed by atoms with Crippen molar-refractivity contribution in [2.24, 2.45) is 13.0 Å². The van der Waals surface area contributed by atoms with Crippen LogP contribution < -0.4 is 29.6 Å². The van der Waals surface area contributed by atoms with E-state index in [1.165, 1.54) is 9.58 Å². The van der Waals surface area contributed by atoms with Gasteiger partial charge in [0.2, 0.25) is 27.7 Å². The largest absolute Gasteiger partial charge is 0.496 e. The van der Waals surface area contributed by atoms with Gasteiger partial charge in [-0.25, -0.2) is 13.4 Å². The van der Waals surface area contributed by atoms with Crippen LogP contribution in [0.2, 0.25) is 0 Å². The number of carbonyl (C=O) groups is 4. The van der Waals surface area contributed by atoms with Crippen molar-refractivity contribution < 1.29 is 41.8 Å². The highest BCUT2D eigenvalue weighted by Gasteiger charge is 2.63. The number of carbonyl (C=O) groups excluding carboxylic acids is 4. The smallest absolute Gasteiger partial charge is 0.272 e. The normalized spacial score (nSPS) is 27.5. The van der Waals surface area contributed by atoms with Gasteiger partial charge in [-0.05, 0) is 89.8 Å². The van der Waals surface area contributed by atoms with Gasteiger partial charge >= 0.3 is 0 Å². The second-order valence-corrected chi connectivity index (χ2v) is 19.2. The van der Waals surface area contributed by atoms with Gasteiger partial charge < -0.3 is 29.7 Å². The fourth-order valence-electron chi connectivity index (χ4n) is 8.29. The molecule has 3 N–H and O–H groups in total. The molecular weight excluding hydrogens is 779 g/mol. The van der Waals surface area contributed by atoms with Crippen LogP contribution in [-0.2, 0) is 31.5 Å². The predicted octanol–water partition coefficient (Wildman–Crippen LogP) is 3.76. The molecule has 2 aliphatic heterocycles. The zero-order valence-corrected chi connectivity index (χ0v) is 34.8. The Morgan fingerprint density at radius 1 is 1.00 bits per heavy atom. The zero-order chi connectivity index (χ0) is 41.7. The Balaban J connectivity index is 1.13. The van der Waals surface area contributed by atoms with E-state index in [2.05, 4.69) is 20.5 Å². The number of rotatable bonds is 10. The number of allylic oxidation sites excluding steroid dienone is 1. The maximum absolute atomic E-state index is 14.8. The molecule has 16 nitrogen and oxygen atoms in total. The number of benzene rings is 1. The molecule has 0 bridgehead atoms. The molecule has 8 rings (SSSR count). The van der Waals surface area contributed by atoms with E-state index in [1.54, 1.807) is 39.4 Å². The number of hydrogen-bond donors (Lipinski definition) is 3. The molecule has 316 valence electrons. The van der Waals surface area contributed by atoms with E-state index >= 15 is 0 Å². The summed E-state index contributed by atoms with van der Waals surface area (Å²) in [6.45, 7) is 3.49. The summed E-state index contributed by atoms with van der Waals surface area (Å²) < 4.78 is 47.8. The number of aromatic nitrogens is 3. The van der Waals surface area contributed by atoms with Gasteiger partial charge in [0.15, 0.2) is 0 Å². The van der Waals surface area contributed by atoms with Crippen LogP contribution in [0.3, 0.4) is 0 Å². The van der Waals surface area contributed by atoms with E-state index in [-0.39, 0.29) is 31.2 Å². The Kier molecular flexibility index (Phi) is 10.8. The minimum atomic E-state index is -4.00. The highest BCUT2D eigenvalue weighted by atomic mass is 32.2. The topological polar surface area (TPSA) is 200 Å². The molecule has 3 saturated carbocycles. The molecule has 1 unspecified atom stereocenters. The minimum absolute atomic E-state index is 0.0140. The Labute approximate surface area is 343 Å². The van der Waals surface area contributed by atoms with Crippen LogP contribution >= 0.6 is 0 Å². The first kappa shape index (κ1) is 40.6. The molecule has 1 aromatic carbocycles. The van der Waals surface area contributed by atoms with E-state index in [4.69, 9.17) is 19.2 Å². The van der Waals surface area contributed by atoms with Crippen molar-refractivity contribution in [2.45, 2.75) is 125 Å². The molecule has 2 aromatic heterocycles. The lowest BCUT2D eigenvalue weighted by atomic mass is 9.96. The predicted molar refractivity (Wildman–Crippen MR) is 216 cm³/mol. The Bertz CT molecular complexity index is 2300. The number of ether oxygens (including phenoxy) is 3. The van der Waals surface area contributed by atoms with E-state index in [0.717, 1.165) is 37.7 Å². The number of nitrogens with zero attached hydrogens (tertiary/aromatic N) is 4. The highest BCUT2D eigenvalue weighted by Crippen LogP contribution is 2.48. The average Bonchev–Trinajstić information content (AvgIpc) is 3.99. The summed E-state index contributed by atoms with van der Waals surface area (Å²) in [5, 5.41) is 10.7. The first-order valence-corrected chi connectivity index (χ1v) is 22.2. The number of nitrogens with one attached hydrogen (secondary N) is 3. The van der Waals surface area contributed by atoms with E-state index in [0.29, 0.717) is 60.4 Å². The van der Waals surface area contributed by atoms with Crippen LogP contribution in [0.25, 0.3) is 10.9 Å². The maximum atomic E-state index is 14.8. The van der Waals surface area contributed by atoms with Crippen LogP contribution in [-0.4, -0.2) is 99.9 Å². The lowest BCUT2D eigenvalue weighted by molar-refractivity contribution is -0.141. The van der Waals surface area contributed by atoms with Crippen molar-refractivity contribution in [2.75, 3.05) is 13.7 Å². The number of aryl methyl sites for hydroxylation is 2. The quantitative estimate of drug-likeness (QED) is 0.252. The lowest BCUT2D eigenvalue weighted by Crippen LogP contribution is -2.58. The van der Waals surface area contributed by atoms with Gasteiger partial charge in [0, 0.05) is 42.6 Å². The molecule has 3 aromatic rings. The molecule has 0 radical (unpaired) electrons. The number of fused-ring (bicyclic) bond motifs is 3. The first-order valence-electron chi connectivity index (χ1n) is 20.7. The van der Waals surface area contributed by atoms with Gasteiger partial charge in [-0.3, -0.25) is 28.6 Å². The second kappa shape index (κ2) is 15.8. The molecule has 4 fully saturated rings.